The smallest absolute Gasteiger partial charge is 0.299 e. The Kier molecular flexibility index (Phi) is 4.64. The second-order valence-corrected chi connectivity index (χ2v) is 10.5. The zero-order valence-electron chi connectivity index (χ0n) is 17.7. The molecule has 0 spiro atoms. The molecule has 4 rings (SSSR count). The van der Waals surface area contributed by atoms with E-state index in [0.717, 1.165) is 12.1 Å². The summed E-state index contributed by atoms with van der Waals surface area (Å²) in [7, 11) is 0. The topological polar surface area (TPSA) is 46.5 Å². The molecular weight excluding hydrogens is 391 g/mol. The maximum Gasteiger partial charge on any atom is 0.416 e. The molecule has 160 valence electrons. The fourth-order valence-corrected chi connectivity index (χ4v) is 5.28. The molecule has 1 aromatic rings. The summed E-state index contributed by atoms with van der Waals surface area (Å²) < 4.78 is 40.2. The number of hydrogen-bond acceptors (Lipinski definition) is 3. The van der Waals surface area contributed by atoms with Gasteiger partial charge in [-0.1, -0.05) is 45.9 Å². The standard InChI is InChI=1S/C24H26F3NO2/c1-22(2)9-15-20(17(29)11-22)19(13-6-5-7-14(8-13)24(25,26)27)21-16(28-15)10-23(3,4)12-18(21)30/h5-8,19-20H,9-12H2,1-4H3/t19-,20?/m0/s1. The van der Waals surface area contributed by atoms with Crippen molar-refractivity contribution in [1.82, 2.24) is 0 Å². The van der Waals surface area contributed by atoms with Crippen molar-refractivity contribution in [3.8, 4) is 0 Å². The van der Waals surface area contributed by atoms with Crippen molar-refractivity contribution in [2.45, 2.75) is 65.5 Å². The van der Waals surface area contributed by atoms with Gasteiger partial charge in [-0.15, -0.1) is 0 Å². The summed E-state index contributed by atoms with van der Waals surface area (Å²) in [4.78, 5) is 31.1. The minimum Gasteiger partial charge on any atom is -0.299 e. The Morgan fingerprint density at radius 3 is 2.27 bits per heavy atom. The van der Waals surface area contributed by atoms with E-state index >= 15 is 0 Å². The van der Waals surface area contributed by atoms with E-state index in [1.165, 1.54) is 6.07 Å². The van der Waals surface area contributed by atoms with Crippen molar-refractivity contribution in [3.63, 3.8) is 0 Å². The van der Waals surface area contributed by atoms with E-state index in [1.54, 1.807) is 6.07 Å². The minimum absolute atomic E-state index is 0.0448. The Hall–Kier alpha value is -2.24. The fourth-order valence-electron chi connectivity index (χ4n) is 5.28. The molecule has 1 saturated carbocycles. The molecule has 3 nitrogen and oxygen atoms in total. The highest BCUT2D eigenvalue weighted by Gasteiger charge is 2.50. The van der Waals surface area contributed by atoms with E-state index in [-0.39, 0.29) is 22.4 Å². The van der Waals surface area contributed by atoms with Crippen LogP contribution in [0.2, 0.25) is 0 Å². The number of halogens is 3. The third-order valence-corrected chi connectivity index (χ3v) is 6.41. The molecule has 0 saturated heterocycles. The van der Waals surface area contributed by atoms with Crippen molar-refractivity contribution < 1.29 is 22.8 Å². The predicted molar refractivity (Wildman–Crippen MR) is 108 cm³/mol. The lowest BCUT2D eigenvalue weighted by molar-refractivity contribution is -0.137. The number of carbonyl (C=O) groups excluding carboxylic acids is 2. The van der Waals surface area contributed by atoms with Crippen molar-refractivity contribution in [2.75, 3.05) is 0 Å². The number of ketones is 2. The molecule has 1 fully saturated rings. The molecule has 6 heteroatoms. The van der Waals surface area contributed by atoms with Gasteiger partial charge in [0.15, 0.2) is 5.78 Å². The first-order valence-corrected chi connectivity index (χ1v) is 10.3. The van der Waals surface area contributed by atoms with Crippen LogP contribution in [-0.4, -0.2) is 17.3 Å². The van der Waals surface area contributed by atoms with Crippen LogP contribution < -0.4 is 0 Å². The largest absolute Gasteiger partial charge is 0.416 e. The second-order valence-electron chi connectivity index (χ2n) is 10.5. The number of aliphatic imine (C=N–C) groups is 1. The summed E-state index contributed by atoms with van der Waals surface area (Å²) in [5.41, 5.74) is 0.888. The maximum atomic E-state index is 13.4. The molecule has 1 heterocycles. The molecule has 1 aromatic carbocycles. The van der Waals surface area contributed by atoms with Gasteiger partial charge in [0.1, 0.15) is 5.78 Å². The van der Waals surface area contributed by atoms with Crippen LogP contribution in [0.4, 0.5) is 13.2 Å². The SMILES string of the molecule is CC1(C)CC(=O)C2C(=NC3=C(C(=O)CC(C)(C)C3)[C@H]2c2cccc(C(F)(F)F)c2)C1. The number of hydrogen-bond donors (Lipinski definition) is 0. The van der Waals surface area contributed by atoms with Crippen LogP contribution in [0, 0.1) is 16.7 Å². The molecule has 0 radical (unpaired) electrons. The second kappa shape index (κ2) is 6.63. The van der Waals surface area contributed by atoms with Gasteiger partial charge in [0.2, 0.25) is 0 Å². The Bertz CT molecular complexity index is 998. The minimum atomic E-state index is -4.49. The number of fused-ring (bicyclic) bond motifs is 1. The molecular formula is C24H26F3NO2. The zero-order valence-corrected chi connectivity index (χ0v) is 17.7. The molecule has 0 bridgehead atoms. The van der Waals surface area contributed by atoms with E-state index in [2.05, 4.69) is 0 Å². The van der Waals surface area contributed by atoms with Gasteiger partial charge in [-0.25, -0.2) is 0 Å². The Morgan fingerprint density at radius 1 is 0.933 bits per heavy atom. The molecule has 0 N–H and O–H groups in total. The first-order valence-electron chi connectivity index (χ1n) is 10.3. The molecule has 2 atom stereocenters. The Labute approximate surface area is 174 Å². The molecule has 30 heavy (non-hydrogen) atoms. The summed E-state index contributed by atoms with van der Waals surface area (Å²) >= 11 is 0. The lowest BCUT2D eigenvalue weighted by Gasteiger charge is -2.44. The lowest BCUT2D eigenvalue weighted by Crippen LogP contribution is -2.45. The number of carbonyl (C=O) groups is 2. The highest BCUT2D eigenvalue weighted by atomic mass is 19.4. The molecule has 1 aliphatic heterocycles. The summed E-state index contributed by atoms with van der Waals surface area (Å²) in [6, 6.07) is 5.08. The average molecular weight is 417 g/mol. The van der Waals surface area contributed by atoms with Gasteiger partial charge >= 0.3 is 6.18 Å². The molecule has 0 aromatic heterocycles. The van der Waals surface area contributed by atoms with Gasteiger partial charge in [-0.2, -0.15) is 13.2 Å². The quantitative estimate of drug-likeness (QED) is 0.572. The van der Waals surface area contributed by atoms with Gasteiger partial charge in [0, 0.05) is 35.7 Å². The maximum absolute atomic E-state index is 13.4. The molecule has 0 amide bonds. The number of Topliss-reactive ketones (excluding diaryl/α,β-unsaturated/α-hetero) is 2. The third kappa shape index (κ3) is 3.65. The van der Waals surface area contributed by atoms with E-state index in [1.807, 2.05) is 27.7 Å². The number of nitrogens with zero attached hydrogens (tertiary/aromatic N) is 1. The average Bonchev–Trinajstić information content (AvgIpc) is 2.57. The van der Waals surface area contributed by atoms with Gasteiger partial charge in [0.05, 0.1) is 11.5 Å². The summed E-state index contributed by atoms with van der Waals surface area (Å²) in [5.74, 6) is -1.51. The number of rotatable bonds is 1. The summed E-state index contributed by atoms with van der Waals surface area (Å²) in [5, 5.41) is 0. The number of benzene rings is 1. The van der Waals surface area contributed by atoms with Crippen LogP contribution in [0.5, 0.6) is 0 Å². The van der Waals surface area contributed by atoms with E-state index in [4.69, 9.17) is 4.99 Å². The molecule has 3 aliphatic rings. The van der Waals surface area contributed by atoms with Crippen molar-refractivity contribution in [1.29, 1.82) is 0 Å². The van der Waals surface area contributed by atoms with Gasteiger partial charge in [-0.05, 0) is 35.3 Å². The summed E-state index contributed by atoms with van der Waals surface area (Å²) in [6.45, 7) is 8.00. The van der Waals surface area contributed by atoms with Crippen LogP contribution in [0.15, 0.2) is 40.5 Å². The first kappa shape index (κ1) is 21.0. The van der Waals surface area contributed by atoms with Crippen molar-refractivity contribution in [3.05, 3.63) is 46.7 Å². The lowest BCUT2D eigenvalue weighted by atomic mass is 9.60. The van der Waals surface area contributed by atoms with E-state index < -0.39 is 23.6 Å². The summed E-state index contributed by atoms with van der Waals surface area (Å²) in [6.07, 6.45) is -2.68. The van der Waals surface area contributed by atoms with Gasteiger partial charge in [0.25, 0.3) is 0 Å². The van der Waals surface area contributed by atoms with Crippen LogP contribution in [0.3, 0.4) is 0 Å². The number of alkyl halides is 3. The van der Waals surface area contributed by atoms with Crippen LogP contribution in [0.25, 0.3) is 0 Å². The van der Waals surface area contributed by atoms with Crippen LogP contribution in [0.1, 0.15) is 70.4 Å². The highest BCUT2D eigenvalue weighted by Crippen LogP contribution is 2.51. The number of allylic oxidation sites excluding steroid dienone is 2. The molecule has 1 unspecified atom stereocenters. The Balaban J connectivity index is 1.91. The Morgan fingerprint density at radius 2 is 1.60 bits per heavy atom. The van der Waals surface area contributed by atoms with Gasteiger partial charge < -0.3 is 0 Å². The van der Waals surface area contributed by atoms with Gasteiger partial charge in [-0.3, -0.25) is 14.6 Å². The highest BCUT2D eigenvalue weighted by molar-refractivity contribution is 6.13. The zero-order chi connectivity index (χ0) is 22.1. The van der Waals surface area contributed by atoms with Crippen LogP contribution in [-0.2, 0) is 15.8 Å². The monoisotopic (exact) mass is 417 g/mol. The predicted octanol–water partition coefficient (Wildman–Crippen LogP) is 5.89. The third-order valence-electron chi connectivity index (χ3n) is 6.41. The first-order chi connectivity index (χ1) is 13.8. The van der Waals surface area contributed by atoms with E-state index in [0.29, 0.717) is 48.2 Å². The fraction of sp³-hybridized carbons (Fsp3) is 0.542. The van der Waals surface area contributed by atoms with E-state index in [9.17, 15) is 22.8 Å². The normalized spacial score (nSPS) is 28.0. The van der Waals surface area contributed by atoms with Crippen LogP contribution >= 0.6 is 0 Å². The van der Waals surface area contributed by atoms with Crippen molar-refractivity contribution in [2.24, 2.45) is 21.7 Å². The van der Waals surface area contributed by atoms with Crippen molar-refractivity contribution >= 4 is 17.3 Å². The molecule has 2 aliphatic carbocycles.